The highest BCUT2D eigenvalue weighted by Crippen LogP contribution is 2.28. The van der Waals surface area contributed by atoms with Crippen LogP contribution in [-0.2, 0) is 18.9 Å². The first-order chi connectivity index (χ1) is 16.1. The highest BCUT2D eigenvalue weighted by molar-refractivity contribution is 6.77. The smallest absolute Gasteiger partial charge is 0.338 e. The number of carbonyl (C=O) groups is 2. The number of aliphatic hydroxyl groups is 2. The summed E-state index contributed by atoms with van der Waals surface area (Å²) >= 11 is 0. The van der Waals surface area contributed by atoms with Crippen molar-refractivity contribution in [3.05, 3.63) is 71.8 Å². The molecule has 0 aromatic heterocycles. The van der Waals surface area contributed by atoms with Gasteiger partial charge in [-0.1, -0.05) is 56.0 Å². The lowest BCUT2D eigenvalue weighted by atomic mass is 9.98. The molecule has 2 aromatic rings. The largest absolute Gasteiger partial charge is 0.459 e. The highest BCUT2D eigenvalue weighted by Gasteiger charge is 2.49. The zero-order valence-electron chi connectivity index (χ0n) is 19.8. The van der Waals surface area contributed by atoms with Crippen molar-refractivity contribution >= 4 is 20.0 Å². The van der Waals surface area contributed by atoms with Gasteiger partial charge in [0.2, 0.25) is 0 Å². The third kappa shape index (κ3) is 6.52. The highest BCUT2D eigenvalue weighted by atomic mass is 28.3. The third-order valence-electron chi connectivity index (χ3n) is 5.84. The van der Waals surface area contributed by atoms with E-state index in [0.717, 1.165) is 0 Å². The molecule has 1 fully saturated rings. The first-order valence-electron chi connectivity index (χ1n) is 11.2. The molecular weight excluding hydrogens is 456 g/mol. The normalized spacial score (nSPS) is 25.9. The number of ether oxygens (including phenoxy) is 4. The van der Waals surface area contributed by atoms with Crippen LogP contribution in [0.25, 0.3) is 0 Å². The zero-order chi connectivity index (χ0) is 24.9. The molecular formula is C25H32O8Si. The molecule has 34 heavy (non-hydrogen) atoms. The van der Waals surface area contributed by atoms with Crippen LogP contribution in [0.15, 0.2) is 60.7 Å². The van der Waals surface area contributed by atoms with Gasteiger partial charge in [-0.2, -0.15) is 0 Å². The maximum Gasteiger partial charge on any atom is 0.338 e. The molecule has 9 heteroatoms. The average molecular weight is 489 g/mol. The molecule has 184 valence electrons. The summed E-state index contributed by atoms with van der Waals surface area (Å²) in [6.07, 6.45) is -6.50. The van der Waals surface area contributed by atoms with Crippen molar-refractivity contribution in [1.82, 2.24) is 0 Å². The summed E-state index contributed by atoms with van der Waals surface area (Å²) in [5.74, 6) is -1.30. The molecule has 0 spiro atoms. The summed E-state index contributed by atoms with van der Waals surface area (Å²) in [6.45, 7) is 7.89. The fourth-order valence-electron chi connectivity index (χ4n) is 3.28. The summed E-state index contributed by atoms with van der Waals surface area (Å²) in [6, 6.07) is 16.7. The molecule has 0 amide bonds. The van der Waals surface area contributed by atoms with Crippen LogP contribution in [0.3, 0.4) is 0 Å². The second-order valence-electron chi connectivity index (χ2n) is 9.37. The van der Waals surface area contributed by atoms with E-state index in [-0.39, 0.29) is 17.9 Å². The molecule has 6 atom stereocenters. The van der Waals surface area contributed by atoms with Crippen molar-refractivity contribution in [2.75, 3.05) is 6.61 Å². The summed E-state index contributed by atoms with van der Waals surface area (Å²) in [5, 5.41) is 21.8. The molecule has 1 unspecified atom stereocenters. The van der Waals surface area contributed by atoms with E-state index in [4.69, 9.17) is 18.9 Å². The Morgan fingerprint density at radius 2 is 1.44 bits per heavy atom. The van der Waals surface area contributed by atoms with E-state index >= 15 is 0 Å². The maximum absolute atomic E-state index is 12.6. The molecule has 1 saturated heterocycles. The molecule has 3 rings (SSSR count). The van der Waals surface area contributed by atoms with Crippen LogP contribution in [0.4, 0.5) is 0 Å². The van der Waals surface area contributed by atoms with Gasteiger partial charge in [-0.25, -0.2) is 9.59 Å². The van der Waals surface area contributed by atoms with Crippen LogP contribution in [0.5, 0.6) is 0 Å². The SMILES string of the molecule is CC(O[C@@H]1O[C@H](COC(=O)c2ccccc2)[C@H](O)[C@H](OC(=O)c2ccccc2)[C@H]1O)[Si](C)(C)C. The second-order valence-corrected chi connectivity index (χ2v) is 14.9. The lowest BCUT2D eigenvalue weighted by Crippen LogP contribution is -2.62. The van der Waals surface area contributed by atoms with E-state index in [0.29, 0.717) is 5.56 Å². The summed E-state index contributed by atoms with van der Waals surface area (Å²) < 4.78 is 22.6. The summed E-state index contributed by atoms with van der Waals surface area (Å²) in [5.41, 5.74) is 0.411. The third-order valence-corrected chi connectivity index (χ3v) is 8.42. The molecule has 0 saturated carbocycles. The number of hydrogen-bond donors (Lipinski definition) is 2. The van der Waals surface area contributed by atoms with Gasteiger partial charge in [0.15, 0.2) is 12.4 Å². The molecule has 2 N–H and O–H groups in total. The predicted octanol–water partition coefficient (Wildman–Crippen LogP) is 2.80. The molecule has 0 radical (unpaired) electrons. The fourth-order valence-corrected chi connectivity index (χ4v) is 3.82. The van der Waals surface area contributed by atoms with E-state index in [1.165, 1.54) is 0 Å². The van der Waals surface area contributed by atoms with Crippen molar-refractivity contribution in [2.24, 2.45) is 0 Å². The van der Waals surface area contributed by atoms with E-state index in [1.807, 2.05) is 6.92 Å². The summed E-state index contributed by atoms with van der Waals surface area (Å²) in [7, 11) is -1.77. The van der Waals surface area contributed by atoms with Gasteiger partial charge in [-0.3, -0.25) is 0 Å². The summed E-state index contributed by atoms with van der Waals surface area (Å²) in [4.78, 5) is 25.0. The standard InChI is InChI=1S/C25H32O8Si/c1-16(34(2,3)4)31-25-21(27)22(33-24(29)18-13-9-6-10-14-18)20(26)19(32-25)15-30-23(28)17-11-7-5-8-12-17/h5-14,16,19-22,25-27H,15H2,1-4H3/t16?,19-,20+,21-,22+,25-/m1/s1. The number of benzene rings is 2. The van der Waals surface area contributed by atoms with E-state index in [9.17, 15) is 19.8 Å². The van der Waals surface area contributed by atoms with E-state index in [2.05, 4.69) is 19.6 Å². The molecule has 0 aliphatic carbocycles. The lowest BCUT2D eigenvalue weighted by Gasteiger charge is -2.43. The Balaban J connectivity index is 1.77. The minimum atomic E-state index is -1.77. The van der Waals surface area contributed by atoms with Crippen molar-refractivity contribution in [3.8, 4) is 0 Å². The zero-order valence-corrected chi connectivity index (χ0v) is 20.8. The molecule has 2 aromatic carbocycles. The number of rotatable bonds is 8. The number of aliphatic hydroxyl groups excluding tert-OH is 2. The molecule has 1 aliphatic rings. The average Bonchev–Trinajstić information content (AvgIpc) is 2.82. The number of esters is 2. The maximum atomic E-state index is 12.6. The van der Waals surface area contributed by atoms with Crippen molar-refractivity contribution < 1.29 is 38.7 Å². The first kappa shape index (κ1) is 26.0. The molecule has 1 heterocycles. The number of carbonyl (C=O) groups excluding carboxylic acids is 2. The van der Waals surface area contributed by atoms with Gasteiger partial charge in [-0.15, -0.1) is 0 Å². The van der Waals surface area contributed by atoms with E-state index < -0.39 is 50.7 Å². The second kappa shape index (κ2) is 11.2. The Labute approximate surface area is 200 Å². The minimum absolute atomic E-state index is 0.208. The van der Waals surface area contributed by atoms with Crippen molar-refractivity contribution in [2.45, 2.75) is 63.0 Å². The van der Waals surface area contributed by atoms with Crippen LogP contribution in [0, 0.1) is 0 Å². The van der Waals surface area contributed by atoms with Gasteiger partial charge in [0.25, 0.3) is 0 Å². The Morgan fingerprint density at radius 3 is 1.97 bits per heavy atom. The van der Waals surface area contributed by atoms with Gasteiger partial charge in [0.05, 0.1) is 19.2 Å². The van der Waals surface area contributed by atoms with Crippen molar-refractivity contribution in [1.29, 1.82) is 0 Å². The van der Waals surface area contributed by atoms with Gasteiger partial charge in [0, 0.05) is 5.73 Å². The van der Waals surface area contributed by atoms with Crippen LogP contribution in [-0.4, -0.2) is 73.3 Å². The Bertz CT molecular complexity index is 946. The Hall–Kier alpha value is -2.56. The lowest BCUT2D eigenvalue weighted by molar-refractivity contribution is -0.303. The molecule has 0 bridgehead atoms. The van der Waals surface area contributed by atoms with Crippen LogP contribution >= 0.6 is 0 Å². The van der Waals surface area contributed by atoms with Gasteiger partial charge < -0.3 is 29.2 Å². The monoisotopic (exact) mass is 488 g/mol. The number of hydrogen-bond acceptors (Lipinski definition) is 8. The van der Waals surface area contributed by atoms with Crippen LogP contribution in [0.1, 0.15) is 27.6 Å². The van der Waals surface area contributed by atoms with Gasteiger partial charge in [0.1, 0.15) is 24.9 Å². The minimum Gasteiger partial charge on any atom is -0.459 e. The Kier molecular flexibility index (Phi) is 8.61. The van der Waals surface area contributed by atoms with Gasteiger partial charge in [-0.05, 0) is 31.2 Å². The first-order valence-corrected chi connectivity index (χ1v) is 14.8. The van der Waals surface area contributed by atoms with Crippen LogP contribution in [0.2, 0.25) is 19.6 Å². The fraction of sp³-hybridized carbons (Fsp3) is 0.440. The predicted molar refractivity (Wildman–Crippen MR) is 127 cm³/mol. The molecule has 8 nitrogen and oxygen atoms in total. The van der Waals surface area contributed by atoms with Crippen molar-refractivity contribution in [3.63, 3.8) is 0 Å². The van der Waals surface area contributed by atoms with Gasteiger partial charge >= 0.3 is 11.9 Å². The van der Waals surface area contributed by atoms with E-state index in [1.54, 1.807) is 60.7 Å². The Morgan fingerprint density at radius 1 is 0.912 bits per heavy atom. The molecule has 1 aliphatic heterocycles. The topological polar surface area (TPSA) is 112 Å². The quantitative estimate of drug-likeness (QED) is 0.431. The van der Waals surface area contributed by atoms with Crippen LogP contribution < -0.4 is 0 Å².